The van der Waals surface area contributed by atoms with Crippen LogP contribution in [0.15, 0.2) is 42.5 Å². The number of hydrogen-bond donors (Lipinski definition) is 1. The van der Waals surface area contributed by atoms with Crippen molar-refractivity contribution in [2.75, 3.05) is 12.4 Å². The van der Waals surface area contributed by atoms with Gasteiger partial charge in [0, 0.05) is 13.7 Å². The maximum absolute atomic E-state index is 13.4. The summed E-state index contributed by atoms with van der Waals surface area (Å²) >= 11 is 0. The van der Waals surface area contributed by atoms with E-state index in [2.05, 4.69) is 5.32 Å². The second-order valence-corrected chi connectivity index (χ2v) is 4.20. The Balaban J connectivity index is 2.00. The van der Waals surface area contributed by atoms with Gasteiger partial charge in [-0.15, -0.1) is 0 Å². The Bertz CT molecular complexity index is 540. The van der Waals surface area contributed by atoms with Crippen LogP contribution in [0, 0.1) is 11.6 Å². The van der Waals surface area contributed by atoms with Gasteiger partial charge < -0.3 is 10.1 Å². The molecular formula is C15H15F2NO. The summed E-state index contributed by atoms with van der Waals surface area (Å²) in [5.41, 5.74) is 2.23. The molecule has 0 aliphatic rings. The van der Waals surface area contributed by atoms with Crippen LogP contribution in [0.5, 0.6) is 0 Å². The molecule has 0 aromatic heterocycles. The summed E-state index contributed by atoms with van der Waals surface area (Å²) in [6.45, 7) is 1.000. The monoisotopic (exact) mass is 263 g/mol. The molecule has 0 heterocycles. The zero-order valence-electron chi connectivity index (χ0n) is 10.6. The van der Waals surface area contributed by atoms with Crippen LogP contribution >= 0.6 is 0 Å². The van der Waals surface area contributed by atoms with E-state index in [4.69, 9.17) is 4.74 Å². The van der Waals surface area contributed by atoms with E-state index in [1.807, 2.05) is 24.3 Å². The second-order valence-electron chi connectivity index (χ2n) is 4.20. The number of ether oxygens (including phenoxy) is 1. The number of halogens is 2. The normalized spacial score (nSPS) is 10.5. The van der Waals surface area contributed by atoms with Crippen LogP contribution in [0.3, 0.4) is 0 Å². The highest BCUT2D eigenvalue weighted by molar-refractivity contribution is 5.45. The highest BCUT2D eigenvalue weighted by Gasteiger charge is 2.06. The van der Waals surface area contributed by atoms with Crippen LogP contribution in [0.4, 0.5) is 14.5 Å². The minimum Gasteiger partial charge on any atom is -0.380 e. The van der Waals surface area contributed by atoms with Crippen molar-refractivity contribution in [2.45, 2.75) is 13.2 Å². The summed E-state index contributed by atoms with van der Waals surface area (Å²) in [5.74, 6) is -1.70. The number of hydrogen-bond acceptors (Lipinski definition) is 2. The van der Waals surface area contributed by atoms with Gasteiger partial charge in [0.1, 0.15) is 0 Å². The molecule has 0 saturated carbocycles. The SMILES string of the molecule is COCc1ccc(CNc2cccc(F)c2F)cc1. The Hall–Kier alpha value is -1.94. The third kappa shape index (κ3) is 3.51. The number of rotatable bonds is 5. The predicted octanol–water partition coefficient (Wildman–Crippen LogP) is 3.72. The maximum atomic E-state index is 13.4. The molecule has 0 aliphatic carbocycles. The van der Waals surface area contributed by atoms with Crippen molar-refractivity contribution >= 4 is 5.69 Å². The lowest BCUT2D eigenvalue weighted by Crippen LogP contribution is -2.02. The smallest absolute Gasteiger partial charge is 0.181 e. The molecule has 1 N–H and O–H groups in total. The summed E-state index contributed by atoms with van der Waals surface area (Å²) in [6, 6.07) is 11.8. The lowest BCUT2D eigenvalue weighted by molar-refractivity contribution is 0.185. The molecule has 100 valence electrons. The van der Waals surface area contributed by atoms with Gasteiger partial charge in [0.05, 0.1) is 12.3 Å². The summed E-state index contributed by atoms with van der Waals surface area (Å²) < 4.78 is 31.4. The first-order valence-corrected chi connectivity index (χ1v) is 5.95. The van der Waals surface area contributed by atoms with Gasteiger partial charge in [-0.25, -0.2) is 8.78 Å². The van der Waals surface area contributed by atoms with Gasteiger partial charge in [0.15, 0.2) is 11.6 Å². The average Bonchev–Trinajstić information content (AvgIpc) is 2.42. The van der Waals surface area contributed by atoms with Crippen molar-refractivity contribution in [3.63, 3.8) is 0 Å². The van der Waals surface area contributed by atoms with E-state index >= 15 is 0 Å². The van der Waals surface area contributed by atoms with Crippen LogP contribution in [-0.2, 0) is 17.9 Å². The summed E-state index contributed by atoms with van der Waals surface area (Å²) in [4.78, 5) is 0. The molecule has 0 spiro atoms. The average molecular weight is 263 g/mol. The molecule has 2 rings (SSSR count). The molecule has 0 fully saturated rings. The fourth-order valence-corrected chi connectivity index (χ4v) is 1.76. The molecule has 0 bridgehead atoms. The fraction of sp³-hybridized carbons (Fsp3) is 0.200. The molecule has 0 aliphatic heterocycles. The Morgan fingerprint density at radius 2 is 1.68 bits per heavy atom. The summed E-state index contributed by atoms with van der Waals surface area (Å²) in [5, 5.41) is 2.88. The predicted molar refractivity (Wildman–Crippen MR) is 70.8 cm³/mol. The highest BCUT2D eigenvalue weighted by Crippen LogP contribution is 2.17. The van der Waals surface area contributed by atoms with Crippen molar-refractivity contribution in [1.29, 1.82) is 0 Å². The van der Waals surface area contributed by atoms with E-state index < -0.39 is 11.6 Å². The van der Waals surface area contributed by atoms with E-state index in [-0.39, 0.29) is 5.69 Å². The zero-order valence-corrected chi connectivity index (χ0v) is 10.6. The van der Waals surface area contributed by atoms with E-state index in [1.54, 1.807) is 7.11 Å². The zero-order chi connectivity index (χ0) is 13.7. The van der Waals surface area contributed by atoms with Crippen molar-refractivity contribution in [3.05, 3.63) is 65.2 Å². The van der Waals surface area contributed by atoms with Crippen molar-refractivity contribution in [1.82, 2.24) is 0 Å². The van der Waals surface area contributed by atoms with E-state index in [1.165, 1.54) is 12.1 Å². The number of anilines is 1. The fourth-order valence-electron chi connectivity index (χ4n) is 1.76. The first-order valence-electron chi connectivity index (χ1n) is 5.95. The van der Waals surface area contributed by atoms with Crippen molar-refractivity contribution in [2.24, 2.45) is 0 Å². The minimum atomic E-state index is -0.849. The molecule has 0 atom stereocenters. The molecular weight excluding hydrogens is 248 g/mol. The van der Waals surface area contributed by atoms with Crippen LogP contribution in [-0.4, -0.2) is 7.11 Å². The topological polar surface area (TPSA) is 21.3 Å². The lowest BCUT2D eigenvalue weighted by atomic mass is 10.1. The standard InChI is InChI=1S/C15H15F2NO/c1-19-10-12-7-5-11(6-8-12)9-18-14-4-2-3-13(16)15(14)17/h2-8,18H,9-10H2,1H3. The Labute approximate surface area is 111 Å². The third-order valence-electron chi connectivity index (χ3n) is 2.77. The van der Waals surface area contributed by atoms with E-state index in [0.717, 1.165) is 17.2 Å². The maximum Gasteiger partial charge on any atom is 0.181 e. The van der Waals surface area contributed by atoms with E-state index in [9.17, 15) is 8.78 Å². The molecule has 0 radical (unpaired) electrons. The van der Waals surface area contributed by atoms with Crippen molar-refractivity contribution < 1.29 is 13.5 Å². The largest absolute Gasteiger partial charge is 0.380 e. The molecule has 19 heavy (non-hydrogen) atoms. The lowest BCUT2D eigenvalue weighted by Gasteiger charge is -2.08. The molecule has 2 nitrogen and oxygen atoms in total. The van der Waals surface area contributed by atoms with Crippen LogP contribution in [0.2, 0.25) is 0 Å². The number of methoxy groups -OCH3 is 1. The Morgan fingerprint density at radius 1 is 1.00 bits per heavy atom. The molecule has 0 saturated heterocycles. The molecule has 0 amide bonds. The van der Waals surface area contributed by atoms with Gasteiger partial charge in [0.2, 0.25) is 0 Å². The molecule has 2 aromatic rings. The number of benzene rings is 2. The second kappa shape index (κ2) is 6.29. The first kappa shape index (κ1) is 13.5. The van der Waals surface area contributed by atoms with Crippen LogP contribution in [0.1, 0.15) is 11.1 Å². The van der Waals surface area contributed by atoms with E-state index in [0.29, 0.717) is 13.2 Å². The van der Waals surface area contributed by atoms with Gasteiger partial charge in [0.25, 0.3) is 0 Å². The van der Waals surface area contributed by atoms with Crippen LogP contribution in [0.25, 0.3) is 0 Å². The summed E-state index contributed by atoms with van der Waals surface area (Å²) in [7, 11) is 1.64. The van der Waals surface area contributed by atoms with Gasteiger partial charge >= 0.3 is 0 Å². The molecule has 2 aromatic carbocycles. The molecule has 0 unspecified atom stereocenters. The minimum absolute atomic E-state index is 0.168. The Morgan fingerprint density at radius 3 is 2.37 bits per heavy atom. The van der Waals surface area contributed by atoms with Gasteiger partial charge in [-0.05, 0) is 23.3 Å². The highest BCUT2D eigenvalue weighted by atomic mass is 19.2. The third-order valence-corrected chi connectivity index (χ3v) is 2.77. The first-order chi connectivity index (χ1) is 9.20. The quantitative estimate of drug-likeness (QED) is 0.887. The van der Waals surface area contributed by atoms with Crippen molar-refractivity contribution in [3.8, 4) is 0 Å². The van der Waals surface area contributed by atoms with Crippen LogP contribution < -0.4 is 5.32 Å². The van der Waals surface area contributed by atoms with Gasteiger partial charge in [-0.3, -0.25) is 0 Å². The Kier molecular flexibility index (Phi) is 4.47. The van der Waals surface area contributed by atoms with Gasteiger partial charge in [-0.1, -0.05) is 30.3 Å². The number of nitrogens with one attached hydrogen (secondary N) is 1. The summed E-state index contributed by atoms with van der Waals surface area (Å²) in [6.07, 6.45) is 0. The molecule has 4 heteroatoms. The van der Waals surface area contributed by atoms with Gasteiger partial charge in [-0.2, -0.15) is 0 Å².